The van der Waals surface area contributed by atoms with E-state index >= 15 is 0 Å². The fraction of sp³-hybridized carbons (Fsp3) is 0.588. The predicted molar refractivity (Wildman–Crippen MR) is 94.6 cm³/mol. The van der Waals surface area contributed by atoms with Gasteiger partial charge in [-0.1, -0.05) is 12.1 Å². The summed E-state index contributed by atoms with van der Waals surface area (Å²) in [7, 11) is -3.51. The van der Waals surface area contributed by atoms with Crippen molar-refractivity contribution in [3.05, 3.63) is 24.3 Å². The topological polar surface area (TPSA) is 81.8 Å². The summed E-state index contributed by atoms with van der Waals surface area (Å²) in [5.41, 5.74) is 0.00301. The molecular formula is C17H24N4O3S. The van der Waals surface area contributed by atoms with E-state index in [1.165, 1.54) is 0 Å². The summed E-state index contributed by atoms with van der Waals surface area (Å²) in [6.45, 7) is 3.55. The van der Waals surface area contributed by atoms with Crippen molar-refractivity contribution in [2.75, 3.05) is 38.0 Å². The summed E-state index contributed by atoms with van der Waals surface area (Å²) in [6.07, 6.45) is 3.46. The zero-order chi connectivity index (χ0) is 17.5. The van der Waals surface area contributed by atoms with E-state index in [1.807, 2.05) is 11.0 Å². The van der Waals surface area contributed by atoms with Crippen molar-refractivity contribution in [2.24, 2.45) is 0 Å². The number of nitrogens with one attached hydrogen (secondary N) is 2. The molecule has 1 amide bonds. The highest BCUT2D eigenvalue weighted by molar-refractivity contribution is 7.89. The third kappa shape index (κ3) is 3.26. The number of amides is 1. The Balaban J connectivity index is 1.42. The maximum absolute atomic E-state index is 12.6. The minimum absolute atomic E-state index is 0.191. The highest BCUT2D eigenvalue weighted by Crippen LogP contribution is 2.34. The summed E-state index contributed by atoms with van der Waals surface area (Å²) in [6, 6.07) is 6.98. The molecule has 0 radical (unpaired) electrons. The largest absolute Gasteiger partial charge is 0.365 e. The summed E-state index contributed by atoms with van der Waals surface area (Å²) in [4.78, 5) is 16.7. The molecule has 3 heterocycles. The number of hydrogen-bond donors (Lipinski definition) is 2. The zero-order valence-corrected chi connectivity index (χ0v) is 15.0. The number of nitrogens with zero attached hydrogens (tertiary/aromatic N) is 2. The van der Waals surface area contributed by atoms with Gasteiger partial charge in [-0.25, -0.2) is 8.42 Å². The third-order valence-electron chi connectivity index (χ3n) is 5.41. The SMILES string of the molecule is O=C(CN1CCC2(CC1)Nc1ccccc1S(=O)(=O)N2)N1CCCC1. The standard InChI is InChI=1S/C17H24N4O3S/c22-16(21-9-3-4-10-21)13-20-11-7-17(8-12-20)18-14-5-1-2-6-15(14)25(23,24)19-17/h1-2,5-6,18-19H,3-4,7-13H2. The quantitative estimate of drug-likeness (QED) is 0.811. The Morgan fingerprint density at radius 1 is 1.08 bits per heavy atom. The first-order chi connectivity index (χ1) is 12.0. The molecule has 0 aliphatic carbocycles. The average molecular weight is 364 g/mol. The molecule has 3 aliphatic rings. The van der Waals surface area contributed by atoms with Gasteiger partial charge in [-0.2, -0.15) is 4.72 Å². The molecule has 2 N–H and O–H groups in total. The Labute approximate surface area is 148 Å². The number of carbonyl (C=O) groups is 1. The summed E-state index contributed by atoms with van der Waals surface area (Å²) in [5.74, 6) is 0.191. The maximum atomic E-state index is 12.6. The van der Waals surface area contributed by atoms with Crippen molar-refractivity contribution in [1.29, 1.82) is 0 Å². The number of rotatable bonds is 2. The summed E-state index contributed by atoms with van der Waals surface area (Å²) < 4.78 is 27.9. The van der Waals surface area contributed by atoms with Crippen molar-refractivity contribution in [3.63, 3.8) is 0 Å². The van der Waals surface area contributed by atoms with Gasteiger partial charge in [-0.3, -0.25) is 9.69 Å². The summed E-state index contributed by atoms with van der Waals surface area (Å²) in [5, 5.41) is 3.38. The third-order valence-corrected chi connectivity index (χ3v) is 7.00. The van der Waals surface area contributed by atoms with Crippen LogP contribution in [0.3, 0.4) is 0 Å². The molecule has 0 aromatic heterocycles. The zero-order valence-electron chi connectivity index (χ0n) is 14.2. The number of anilines is 1. The fourth-order valence-corrected chi connectivity index (χ4v) is 5.52. The average Bonchev–Trinajstić information content (AvgIpc) is 3.11. The number of benzene rings is 1. The number of sulfonamides is 1. The number of para-hydroxylation sites is 1. The van der Waals surface area contributed by atoms with Crippen LogP contribution in [-0.4, -0.2) is 62.5 Å². The Morgan fingerprint density at radius 2 is 1.76 bits per heavy atom. The van der Waals surface area contributed by atoms with Crippen LogP contribution < -0.4 is 10.0 Å². The molecule has 136 valence electrons. The summed E-state index contributed by atoms with van der Waals surface area (Å²) >= 11 is 0. The highest BCUT2D eigenvalue weighted by Gasteiger charge is 2.43. The molecule has 1 aromatic rings. The minimum Gasteiger partial charge on any atom is -0.365 e. The number of fused-ring (bicyclic) bond motifs is 1. The van der Waals surface area contributed by atoms with Gasteiger partial charge in [0.1, 0.15) is 10.6 Å². The Kier molecular flexibility index (Phi) is 4.21. The van der Waals surface area contributed by atoms with Gasteiger partial charge in [0.05, 0.1) is 12.2 Å². The van der Waals surface area contributed by atoms with Gasteiger partial charge >= 0.3 is 0 Å². The monoisotopic (exact) mass is 364 g/mol. The van der Waals surface area contributed by atoms with Gasteiger partial charge in [-0.15, -0.1) is 0 Å². The van der Waals surface area contributed by atoms with Crippen LogP contribution in [0.1, 0.15) is 25.7 Å². The number of likely N-dealkylation sites (tertiary alicyclic amines) is 2. The fourth-order valence-electron chi connectivity index (χ4n) is 3.98. The van der Waals surface area contributed by atoms with Crippen molar-refractivity contribution >= 4 is 21.6 Å². The van der Waals surface area contributed by atoms with Crippen LogP contribution in [0.15, 0.2) is 29.2 Å². The molecule has 3 aliphatic heterocycles. The number of carbonyl (C=O) groups excluding carboxylic acids is 1. The lowest BCUT2D eigenvalue weighted by molar-refractivity contribution is -0.131. The van der Waals surface area contributed by atoms with E-state index in [2.05, 4.69) is 14.9 Å². The molecule has 1 spiro atoms. The van der Waals surface area contributed by atoms with E-state index in [1.54, 1.807) is 18.2 Å². The lowest BCUT2D eigenvalue weighted by Crippen LogP contribution is -2.62. The van der Waals surface area contributed by atoms with Gasteiger partial charge in [0.15, 0.2) is 0 Å². The van der Waals surface area contributed by atoms with Gasteiger partial charge in [0.25, 0.3) is 0 Å². The smallest absolute Gasteiger partial charge is 0.244 e. The molecule has 8 heteroatoms. The van der Waals surface area contributed by atoms with E-state index in [0.29, 0.717) is 43.1 Å². The van der Waals surface area contributed by atoms with E-state index in [0.717, 1.165) is 25.9 Å². The molecule has 25 heavy (non-hydrogen) atoms. The second-order valence-corrected chi connectivity index (χ2v) is 8.82. The highest BCUT2D eigenvalue weighted by atomic mass is 32.2. The molecule has 1 aromatic carbocycles. The van der Waals surface area contributed by atoms with Crippen molar-refractivity contribution in [2.45, 2.75) is 36.2 Å². The molecule has 0 unspecified atom stereocenters. The van der Waals surface area contributed by atoms with Crippen LogP contribution in [0.5, 0.6) is 0 Å². The molecule has 2 saturated heterocycles. The molecule has 2 fully saturated rings. The van der Waals surface area contributed by atoms with Gasteiger partial charge in [0, 0.05) is 26.2 Å². The van der Waals surface area contributed by atoms with Crippen LogP contribution in [0, 0.1) is 0 Å². The van der Waals surface area contributed by atoms with Crippen LogP contribution in [0.4, 0.5) is 5.69 Å². The first-order valence-corrected chi connectivity index (χ1v) is 10.4. The normalized spacial score (nSPS) is 24.7. The van der Waals surface area contributed by atoms with E-state index in [4.69, 9.17) is 0 Å². The predicted octanol–water partition coefficient (Wildman–Crippen LogP) is 0.805. The Hall–Kier alpha value is -1.64. The van der Waals surface area contributed by atoms with Crippen molar-refractivity contribution in [1.82, 2.24) is 14.5 Å². The first-order valence-electron chi connectivity index (χ1n) is 8.89. The van der Waals surface area contributed by atoms with Crippen LogP contribution >= 0.6 is 0 Å². The van der Waals surface area contributed by atoms with Crippen LogP contribution in [0.2, 0.25) is 0 Å². The van der Waals surface area contributed by atoms with Crippen molar-refractivity contribution < 1.29 is 13.2 Å². The lowest BCUT2D eigenvalue weighted by Gasteiger charge is -2.45. The van der Waals surface area contributed by atoms with E-state index in [9.17, 15) is 13.2 Å². The molecule has 0 bridgehead atoms. The molecule has 4 rings (SSSR count). The van der Waals surface area contributed by atoms with E-state index in [-0.39, 0.29) is 5.91 Å². The van der Waals surface area contributed by atoms with E-state index < -0.39 is 15.7 Å². The molecule has 7 nitrogen and oxygen atoms in total. The number of hydrogen-bond acceptors (Lipinski definition) is 5. The molecule has 0 atom stereocenters. The first kappa shape index (κ1) is 16.8. The van der Waals surface area contributed by atoms with Gasteiger partial charge in [0.2, 0.25) is 15.9 Å². The van der Waals surface area contributed by atoms with Crippen molar-refractivity contribution in [3.8, 4) is 0 Å². The molecular weight excluding hydrogens is 340 g/mol. The number of piperidine rings is 1. The van der Waals surface area contributed by atoms with Crippen LogP contribution in [0.25, 0.3) is 0 Å². The Morgan fingerprint density at radius 3 is 2.48 bits per heavy atom. The maximum Gasteiger partial charge on any atom is 0.244 e. The van der Waals surface area contributed by atoms with Gasteiger partial charge < -0.3 is 10.2 Å². The second kappa shape index (κ2) is 6.26. The van der Waals surface area contributed by atoms with Crippen LogP contribution in [-0.2, 0) is 14.8 Å². The molecule has 0 saturated carbocycles. The second-order valence-electron chi connectivity index (χ2n) is 7.17. The Bertz CT molecular complexity index is 766. The van der Waals surface area contributed by atoms with Gasteiger partial charge in [-0.05, 0) is 37.8 Å². The minimum atomic E-state index is -3.51. The lowest BCUT2D eigenvalue weighted by atomic mass is 9.97.